The molecule has 0 saturated carbocycles. The van der Waals surface area contributed by atoms with Crippen molar-refractivity contribution in [3.8, 4) is 6.01 Å². The molecule has 0 radical (unpaired) electrons. The summed E-state index contributed by atoms with van der Waals surface area (Å²) in [6, 6.07) is 0.537. The fourth-order valence-electron chi connectivity index (χ4n) is 1.65. The predicted octanol–water partition coefficient (Wildman–Crippen LogP) is 2.09. The van der Waals surface area contributed by atoms with Crippen LogP contribution in [0, 0.1) is 5.92 Å². The van der Waals surface area contributed by atoms with E-state index in [-0.39, 0.29) is 12.0 Å². The zero-order valence-corrected chi connectivity index (χ0v) is 11.6. The van der Waals surface area contributed by atoms with Crippen molar-refractivity contribution in [2.24, 2.45) is 5.92 Å². The molecular formula is C12H23N5O. The lowest BCUT2D eigenvalue weighted by Crippen LogP contribution is -2.18. The molecule has 102 valence electrons. The number of ether oxygens (including phenoxy) is 1. The van der Waals surface area contributed by atoms with Crippen LogP contribution in [0.5, 0.6) is 6.01 Å². The Bertz CT molecular complexity index is 369. The van der Waals surface area contributed by atoms with Gasteiger partial charge in [-0.3, -0.25) is 0 Å². The predicted molar refractivity (Wildman–Crippen MR) is 72.6 cm³/mol. The van der Waals surface area contributed by atoms with Crippen molar-refractivity contribution >= 4 is 11.9 Å². The lowest BCUT2D eigenvalue weighted by Gasteiger charge is -2.14. The van der Waals surface area contributed by atoms with Gasteiger partial charge in [-0.05, 0) is 19.3 Å². The number of hydrogen-bond acceptors (Lipinski definition) is 6. The minimum atomic E-state index is 0.165. The van der Waals surface area contributed by atoms with E-state index in [1.165, 1.54) is 20.0 Å². The molecule has 1 heterocycles. The second kappa shape index (κ2) is 6.98. The molecule has 0 amide bonds. The Labute approximate surface area is 108 Å². The monoisotopic (exact) mass is 253 g/mol. The highest BCUT2D eigenvalue weighted by Crippen LogP contribution is 2.13. The Balaban J connectivity index is 2.48. The highest BCUT2D eigenvalue weighted by molar-refractivity contribution is 5.33. The number of hydrogen-bond donors (Lipinski definition) is 2. The van der Waals surface area contributed by atoms with Crippen LogP contribution in [-0.4, -0.2) is 28.1 Å². The van der Waals surface area contributed by atoms with Crippen LogP contribution < -0.4 is 15.8 Å². The van der Waals surface area contributed by atoms with Gasteiger partial charge < -0.3 is 15.8 Å². The summed E-state index contributed by atoms with van der Waals surface area (Å²) in [5.41, 5.74) is 5.57. The van der Waals surface area contributed by atoms with Crippen molar-refractivity contribution in [3.63, 3.8) is 0 Å². The van der Waals surface area contributed by atoms with Crippen molar-refractivity contribution in [1.82, 2.24) is 15.0 Å². The van der Waals surface area contributed by atoms with Crippen molar-refractivity contribution in [1.29, 1.82) is 0 Å². The molecule has 0 aliphatic rings. The molecule has 1 atom stereocenters. The maximum absolute atomic E-state index is 5.57. The van der Waals surface area contributed by atoms with E-state index in [1.54, 1.807) is 0 Å². The summed E-state index contributed by atoms with van der Waals surface area (Å²) in [7, 11) is 1.50. The average Bonchev–Trinajstić information content (AvgIpc) is 2.27. The third kappa shape index (κ3) is 5.16. The third-order valence-electron chi connectivity index (χ3n) is 2.61. The zero-order valence-electron chi connectivity index (χ0n) is 11.6. The number of aromatic nitrogens is 3. The van der Waals surface area contributed by atoms with Gasteiger partial charge in [0, 0.05) is 6.04 Å². The number of nitrogens with zero attached hydrogens (tertiary/aromatic N) is 3. The molecule has 1 unspecified atom stereocenters. The van der Waals surface area contributed by atoms with Gasteiger partial charge in [-0.1, -0.05) is 26.7 Å². The van der Waals surface area contributed by atoms with Crippen LogP contribution in [0.3, 0.4) is 0 Å². The number of methoxy groups -OCH3 is 1. The summed E-state index contributed by atoms with van der Waals surface area (Å²) in [5.74, 6) is 1.38. The van der Waals surface area contributed by atoms with E-state index in [0.29, 0.717) is 12.0 Å². The fraction of sp³-hybridized carbons (Fsp3) is 0.750. The Morgan fingerprint density at radius 2 is 1.89 bits per heavy atom. The zero-order chi connectivity index (χ0) is 13.5. The molecule has 0 aromatic carbocycles. The van der Waals surface area contributed by atoms with Gasteiger partial charge in [0.15, 0.2) is 0 Å². The smallest absolute Gasteiger partial charge is 0.322 e. The minimum absolute atomic E-state index is 0.165. The van der Waals surface area contributed by atoms with Gasteiger partial charge >= 0.3 is 6.01 Å². The largest absolute Gasteiger partial charge is 0.467 e. The molecular weight excluding hydrogens is 230 g/mol. The van der Waals surface area contributed by atoms with Gasteiger partial charge in [0.1, 0.15) is 0 Å². The van der Waals surface area contributed by atoms with Crippen LogP contribution in [0.2, 0.25) is 0 Å². The molecule has 1 aromatic heterocycles. The number of nitrogen functional groups attached to an aromatic ring is 1. The summed E-state index contributed by atoms with van der Waals surface area (Å²) < 4.78 is 4.95. The van der Waals surface area contributed by atoms with Crippen LogP contribution in [0.4, 0.5) is 11.9 Å². The van der Waals surface area contributed by atoms with Gasteiger partial charge in [-0.25, -0.2) is 0 Å². The topological polar surface area (TPSA) is 86.0 Å². The number of nitrogens with one attached hydrogen (secondary N) is 1. The molecule has 0 aliphatic heterocycles. The average molecular weight is 253 g/mol. The Morgan fingerprint density at radius 3 is 2.50 bits per heavy atom. The molecule has 6 nitrogen and oxygen atoms in total. The maximum atomic E-state index is 5.57. The third-order valence-corrected chi connectivity index (χ3v) is 2.61. The van der Waals surface area contributed by atoms with Gasteiger partial charge in [0.05, 0.1) is 7.11 Å². The SMILES string of the molecule is COc1nc(N)nc(NC(C)CCCC(C)C)n1. The molecule has 0 fully saturated rings. The minimum Gasteiger partial charge on any atom is -0.467 e. The van der Waals surface area contributed by atoms with Crippen molar-refractivity contribution in [2.75, 3.05) is 18.2 Å². The molecule has 18 heavy (non-hydrogen) atoms. The lowest BCUT2D eigenvalue weighted by molar-refractivity contribution is 0.379. The molecule has 0 spiro atoms. The normalized spacial score (nSPS) is 12.5. The fourth-order valence-corrected chi connectivity index (χ4v) is 1.65. The molecule has 1 aromatic rings. The number of anilines is 2. The van der Waals surface area contributed by atoms with E-state index in [4.69, 9.17) is 10.5 Å². The van der Waals surface area contributed by atoms with E-state index >= 15 is 0 Å². The first-order valence-electron chi connectivity index (χ1n) is 6.33. The highest BCUT2D eigenvalue weighted by atomic mass is 16.5. The molecule has 3 N–H and O–H groups in total. The molecule has 0 saturated heterocycles. The molecule has 0 bridgehead atoms. The first-order chi connectivity index (χ1) is 8.51. The van der Waals surface area contributed by atoms with E-state index in [0.717, 1.165) is 12.3 Å². The quantitative estimate of drug-likeness (QED) is 0.773. The van der Waals surface area contributed by atoms with Gasteiger partial charge in [-0.2, -0.15) is 15.0 Å². The van der Waals surface area contributed by atoms with Crippen molar-refractivity contribution < 1.29 is 4.74 Å². The van der Waals surface area contributed by atoms with Crippen molar-refractivity contribution in [2.45, 2.75) is 46.1 Å². The summed E-state index contributed by atoms with van der Waals surface area (Å²) in [4.78, 5) is 12.0. The lowest BCUT2D eigenvalue weighted by atomic mass is 10.0. The molecule has 6 heteroatoms. The van der Waals surface area contributed by atoms with E-state index in [1.807, 2.05) is 0 Å². The summed E-state index contributed by atoms with van der Waals surface area (Å²) in [6.45, 7) is 6.57. The van der Waals surface area contributed by atoms with E-state index in [9.17, 15) is 0 Å². The van der Waals surface area contributed by atoms with Crippen LogP contribution in [0.1, 0.15) is 40.0 Å². The molecule has 1 rings (SSSR count). The second-order valence-corrected chi connectivity index (χ2v) is 4.87. The summed E-state index contributed by atoms with van der Waals surface area (Å²) in [6.07, 6.45) is 3.49. The standard InChI is InChI=1S/C12H23N5O/c1-8(2)6-5-7-9(3)14-11-15-10(13)16-12(17-11)18-4/h8-9H,5-7H2,1-4H3,(H3,13,14,15,16,17). The highest BCUT2D eigenvalue weighted by Gasteiger charge is 2.08. The van der Waals surface area contributed by atoms with Crippen LogP contribution in [0.15, 0.2) is 0 Å². The maximum Gasteiger partial charge on any atom is 0.322 e. The Morgan fingerprint density at radius 1 is 1.17 bits per heavy atom. The number of nitrogens with two attached hydrogens (primary N) is 1. The summed E-state index contributed by atoms with van der Waals surface area (Å²) >= 11 is 0. The Kier molecular flexibility index (Phi) is 5.61. The Hall–Kier alpha value is -1.59. The van der Waals surface area contributed by atoms with E-state index in [2.05, 4.69) is 41.0 Å². The number of rotatable bonds is 7. The van der Waals surface area contributed by atoms with Gasteiger partial charge in [0.25, 0.3) is 0 Å². The van der Waals surface area contributed by atoms with E-state index < -0.39 is 0 Å². The van der Waals surface area contributed by atoms with Crippen LogP contribution >= 0.6 is 0 Å². The second-order valence-electron chi connectivity index (χ2n) is 4.87. The van der Waals surface area contributed by atoms with Crippen LogP contribution in [0.25, 0.3) is 0 Å². The first-order valence-corrected chi connectivity index (χ1v) is 6.33. The first kappa shape index (κ1) is 14.5. The van der Waals surface area contributed by atoms with Gasteiger partial charge in [0.2, 0.25) is 11.9 Å². The molecule has 0 aliphatic carbocycles. The van der Waals surface area contributed by atoms with Crippen LogP contribution in [-0.2, 0) is 0 Å². The van der Waals surface area contributed by atoms with Crippen molar-refractivity contribution in [3.05, 3.63) is 0 Å². The summed E-state index contributed by atoms with van der Waals surface area (Å²) in [5, 5.41) is 3.21. The van der Waals surface area contributed by atoms with Gasteiger partial charge in [-0.15, -0.1) is 0 Å².